The minimum atomic E-state index is 0.335. The van der Waals surface area contributed by atoms with E-state index in [9.17, 15) is 0 Å². The average molecular weight is 348 g/mol. The molecule has 1 aliphatic rings. The highest BCUT2D eigenvalue weighted by Crippen LogP contribution is 2.32. The first-order valence-electron chi connectivity index (χ1n) is 9.10. The smallest absolute Gasteiger partial charge is 0.0971 e. The Morgan fingerprint density at radius 1 is 1.23 bits per heavy atom. The molecular weight excluding hydrogens is 324 g/mol. The lowest BCUT2D eigenvalue weighted by molar-refractivity contribution is 0.206. The van der Waals surface area contributed by atoms with E-state index in [2.05, 4.69) is 33.3 Å². The number of nitrogens with two attached hydrogens (primary N) is 1. The van der Waals surface area contributed by atoms with Gasteiger partial charge in [-0.3, -0.25) is 9.88 Å². The number of aromatic nitrogens is 4. The second-order valence-electron chi connectivity index (χ2n) is 6.86. The first kappa shape index (κ1) is 16.9. The van der Waals surface area contributed by atoms with E-state index in [4.69, 9.17) is 5.73 Å². The Morgan fingerprint density at radius 3 is 3.00 bits per heavy atom. The first-order valence-corrected chi connectivity index (χ1v) is 9.10. The summed E-state index contributed by atoms with van der Waals surface area (Å²) in [5.74, 6) is 0. The molecule has 0 amide bonds. The van der Waals surface area contributed by atoms with Gasteiger partial charge in [-0.1, -0.05) is 29.5 Å². The topological polar surface area (TPSA) is 72.9 Å². The molecule has 0 spiro atoms. The molecule has 1 atom stereocenters. The van der Waals surface area contributed by atoms with Crippen molar-refractivity contribution in [3.05, 3.63) is 71.3 Å². The molecule has 1 aromatic carbocycles. The van der Waals surface area contributed by atoms with Crippen LogP contribution in [0.3, 0.4) is 0 Å². The molecule has 0 fully saturated rings. The molecule has 1 aliphatic carbocycles. The molecule has 2 heterocycles. The third-order valence-corrected chi connectivity index (χ3v) is 5.11. The molecule has 6 nitrogen and oxygen atoms in total. The fraction of sp³-hybridized carbons (Fsp3) is 0.350. The third-order valence-electron chi connectivity index (χ3n) is 5.11. The lowest BCUT2D eigenvalue weighted by Crippen LogP contribution is -2.28. The van der Waals surface area contributed by atoms with Crippen LogP contribution in [0.4, 0.5) is 0 Å². The maximum Gasteiger partial charge on any atom is 0.0971 e. The summed E-state index contributed by atoms with van der Waals surface area (Å²) in [6, 6.07) is 12.6. The van der Waals surface area contributed by atoms with Gasteiger partial charge in [0.05, 0.1) is 29.3 Å². The summed E-state index contributed by atoms with van der Waals surface area (Å²) in [5, 5.41) is 8.68. The molecule has 0 saturated heterocycles. The van der Waals surface area contributed by atoms with Crippen molar-refractivity contribution in [3.8, 4) is 5.69 Å². The van der Waals surface area contributed by atoms with Gasteiger partial charge in [-0.05, 0) is 49.6 Å². The molecule has 6 heteroatoms. The normalized spacial score (nSPS) is 16.7. The van der Waals surface area contributed by atoms with Gasteiger partial charge in [0.25, 0.3) is 0 Å². The zero-order valence-corrected chi connectivity index (χ0v) is 15.0. The van der Waals surface area contributed by atoms with Crippen molar-refractivity contribution in [1.82, 2.24) is 24.9 Å². The molecule has 0 aliphatic heterocycles. The van der Waals surface area contributed by atoms with Crippen LogP contribution < -0.4 is 5.73 Å². The second kappa shape index (κ2) is 7.35. The summed E-state index contributed by atoms with van der Waals surface area (Å²) < 4.78 is 1.82. The van der Waals surface area contributed by atoms with Crippen LogP contribution in [0, 0.1) is 0 Å². The summed E-state index contributed by atoms with van der Waals surface area (Å²) in [5.41, 5.74) is 11.4. The van der Waals surface area contributed by atoms with Crippen LogP contribution in [-0.4, -0.2) is 31.9 Å². The van der Waals surface area contributed by atoms with Crippen LogP contribution in [-0.2, 0) is 19.5 Å². The van der Waals surface area contributed by atoms with Crippen molar-refractivity contribution in [2.45, 2.75) is 38.4 Å². The number of nitrogens with zero attached hydrogens (tertiary/aromatic N) is 5. The Balaban J connectivity index is 1.53. The summed E-state index contributed by atoms with van der Waals surface area (Å²) in [4.78, 5) is 6.97. The van der Waals surface area contributed by atoms with Crippen molar-refractivity contribution < 1.29 is 0 Å². The quantitative estimate of drug-likeness (QED) is 0.767. The molecule has 0 saturated carbocycles. The number of pyridine rings is 1. The Labute approximate surface area is 153 Å². The summed E-state index contributed by atoms with van der Waals surface area (Å²) in [6.45, 7) is 1.22. The van der Waals surface area contributed by atoms with Crippen LogP contribution >= 0.6 is 0 Å². The van der Waals surface area contributed by atoms with E-state index in [0.717, 1.165) is 36.3 Å². The number of hydrogen-bond donors (Lipinski definition) is 1. The predicted molar refractivity (Wildman–Crippen MR) is 101 cm³/mol. The summed E-state index contributed by atoms with van der Waals surface area (Å²) in [7, 11) is 2.14. The molecule has 2 aromatic heterocycles. The van der Waals surface area contributed by atoms with E-state index in [1.54, 1.807) is 0 Å². The number of benzene rings is 1. The highest BCUT2D eigenvalue weighted by molar-refractivity contribution is 5.40. The van der Waals surface area contributed by atoms with Gasteiger partial charge in [0.1, 0.15) is 0 Å². The molecular formula is C20H24N6. The largest absolute Gasteiger partial charge is 0.326 e. The molecule has 0 bridgehead atoms. The van der Waals surface area contributed by atoms with E-state index in [1.807, 2.05) is 47.4 Å². The van der Waals surface area contributed by atoms with Gasteiger partial charge in [0, 0.05) is 19.3 Å². The number of fused-ring (bicyclic) bond motifs is 1. The van der Waals surface area contributed by atoms with Gasteiger partial charge in [-0.15, -0.1) is 5.10 Å². The van der Waals surface area contributed by atoms with Gasteiger partial charge in [-0.2, -0.15) is 0 Å². The lowest BCUT2D eigenvalue weighted by atomic mass is 9.91. The van der Waals surface area contributed by atoms with Crippen LogP contribution in [0.1, 0.15) is 41.4 Å². The zero-order chi connectivity index (χ0) is 17.9. The van der Waals surface area contributed by atoms with Crippen molar-refractivity contribution in [2.24, 2.45) is 5.73 Å². The fourth-order valence-corrected chi connectivity index (χ4v) is 3.78. The Hall–Kier alpha value is -2.57. The Kier molecular flexibility index (Phi) is 4.77. The maximum atomic E-state index is 5.84. The van der Waals surface area contributed by atoms with Gasteiger partial charge in [0.2, 0.25) is 0 Å². The molecule has 134 valence electrons. The Morgan fingerprint density at radius 2 is 2.12 bits per heavy atom. The van der Waals surface area contributed by atoms with Crippen LogP contribution in [0.2, 0.25) is 0 Å². The first-order chi connectivity index (χ1) is 12.8. The van der Waals surface area contributed by atoms with Gasteiger partial charge < -0.3 is 5.73 Å². The van der Waals surface area contributed by atoms with Gasteiger partial charge in [0.15, 0.2) is 0 Å². The number of rotatable bonds is 5. The summed E-state index contributed by atoms with van der Waals surface area (Å²) >= 11 is 0. The highest BCUT2D eigenvalue weighted by Gasteiger charge is 2.25. The monoisotopic (exact) mass is 348 g/mol. The standard InChI is InChI=1S/C20H24N6/c1-25(19-10-4-7-15-8-5-11-22-20(15)19)13-17-14-26(24-23-17)18-9-3-2-6-16(18)12-21/h2-3,5-6,8-9,11,14,19H,4,7,10,12-13,21H2,1H3. The predicted octanol–water partition coefficient (Wildman–Crippen LogP) is 2.63. The molecule has 4 rings (SSSR count). The highest BCUT2D eigenvalue weighted by atomic mass is 15.4. The van der Waals surface area contributed by atoms with Crippen molar-refractivity contribution in [3.63, 3.8) is 0 Å². The van der Waals surface area contributed by atoms with E-state index < -0.39 is 0 Å². The van der Waals surface area contributed by atoms with Crippen LogP contribution in [0.15, 0.2) is 48.8 Å². The van der Waals surface area contributed by atoms with Crippen LogP contribution in [0.25, 0.3) is 5.69 Å². The average Bonchev–Trinajstić information content (AvgIpc) is 3.15. The maximum absolute atomic E-state index is 5.84. The van der Waals surface area contributed by atoms with Crippen molar-refractivity contribution in [1.29, 1.82) is 0 Å². The molecule has 2 N–H and O–H groups in total. The minimum absolute atomic E-state index is 0.335. The SMILES string of the molecule is CN(Cc1cn(-c2ccccc2CN)nn1)C1CCCc2cccnc21. The third kappa shape index (κ3) is 3.25. The molecule has 26 heavy (non-hydrogen) atoms. The van der Waals surface area contributed by atoms with Crippen molar-refractivity contribution in [2.75, 3.05) is 7.05 Å². The molecule has 0 radical (unpaired) electrons. The lowest BCUT2D eigenvalue weighted by Gasteiger charge is -2.31. The van der Waals surface area contributed by atoms with Gasteiger partial charge in [-0.25, -0.2) is 4.68 Å². The number of aryl methyl sites for hydroxylation is 1. The summed E-state index contributed by atoms with van der Waals surface area (Å²) in [6.07, 6.45) is 7.34. The van der Waals surface area contributed by atoms with Crippen molar-refractivity contribution >= 4 is 0 Å². The number of para-hydroxylation sites is 1. The van der Waals surface area contributed by atoms with E-state index in [1.165, 1.54) is 17.7 Å². The molecule has 3 aromatic rings. The zero-order valence-electron chi connectivity index (χ0n) is 15.0. The fourth-order valence-electron chi connectivity index (χ4n) is 3.78. The van der Waals surface area contributed by atoms with E-state index >= 15 is 0 Å². The van der Waals surface area contributed by atoms with E-state index in [-0.39, 0.29) is 0 Å². The van der Waals surface area contributed by atoms with E-state index in [0.29, 0.717) is 12.6 Å². The minimum Gasteiger partial charge on any atom is -0.326 e. The van der Waals surface area contributed by atoms with Crippen LogP contribution in [0.5, 0.6) is 0 Å². The van der Waals surface area contributed by atoms with Gasteiger partial charge >= 0.3 is 0 Å². The Bertz CT molecular complexity index is 887. The molecule has 1 unspecified atom stereocenters. The number of hydrogen-bond acceptors (Lipinski definition) is 5. The second-order valence-corrected chi connectivity index (χ2v) is 6.86.